The first-order valence-electron chi connectivity index (χ1n) is 7.88. The van der Waals surface area contributed by atoms with Gasteiger partial charge >= 0.3 is 0 Å². The first kappa shape index (κ1) is 17.0. The Labute approximate surface area is 152 Å². The highest BCUT2D eigenvalue weighted by atomic mass is 35.5. The van der Waals surface area contributed by atoms with Crippen molar-refractivity contribution in [3.63, 3.8) is 0 Å². The number of halogens is 1. The van der Waals surface area contributed by atoms with Gasteiger partial charge in [-0.1, -0.05) is 29.8 Å². The molecule has 0 spiro atoms. The summed E-state index contributed by atoms with van der Waals surface area (Å²) >= 11 is 6.19. The van der Waals surface area contributed by atoms with Crippen LogP contribution in [-0.2, 0) is 6.54 Å². The van der Waals surface area contributed by atoms with E-state index in [0.717, 1.165) is 33.5 Å². The molecule has 0 aliphatic rings. The molecule has 3 aromatic rings. The normalized spacial score (nSPS) is 10.4. The Hall–Kier alpha value is -2.79. The number of anilines is 3. The molecule has 0 aliphatic carbocycles. The van der Waals surface area contributed by atoms with Crippen LogP contribution in [0.5, 0.6) is 5.75 Å². The van der Waals surface area contributed by atoms with E-state index in [1.54, 1.807) is 7.11 Å². The predicted octanol–water partition coefficient (Wildman–Crippen LogP) is 4.80. The van der Waals surface area contributed by atoms with Crippen molar-refractivity contribution in [3.8, 4) is 5.75 Å². The summed E-state index contributed by atoms with van der Waals surface area (Å²) in [6.07, 6.45) is 0. The number of hydrogen-bond acceptors (Lipinski definition) is 5. The molecule has 6 heteroatoms. The van der Waals surface area contributed by atoms with Gasteiger partial charge in [0.15, 0.2) is 0 Å². The van der Waals surface area contributed by atoms with Crippen LogP contribution in [0.1, 0.15) is 11.3 Å². The van der Waals surface area contributed by atoms with Crippen LogP contribution in [0.25, 0.3) is 0 Å². The Morgan fingerprint density at radius 2 is 1.80 bits per heavy atom. The van der Waals surface area contributed by atoms with E-state index >= 15 is 0 Å². The molecule has 1 heterocycles. The van der Waals surface area contributed by atoms with Crippen LogP contribution in [0, 0.1) is 6.92 Å². The van der Waals surface area contributed by atoms with Gasteiger partial charge in [0, 0.05) is 29.0 Å². The van der Waals surface area contributed by atoms with Crippen molar-refractivity contribution in [1.82, 2.24) is 9.97 Å². The molecule has 128 valence electrons. The first-order chi connectivity index (χ1) is 12.1. The second-order valence-electron chi connectivity index (χ2n) is 5.52. The van der Waals surface area contributed by atoms with Crippen molar-refractivity contribution < 1.29 is 4.74 Å². The molecule has 25 heavy (non-hydrogen) atoms. The minimum atomic E-state index is 0.534. The maximum Gasteiger partial charge on any atom is 0.229 e. The molecule has 0 fully saturated rings. The Balaban J connectivity index is 1.72. The van der Waals surface area contributed by atoms with Crippen molar-refractivity contribution >= 4 is 29.1 Å². The maximum atomic E-state index is 6.19. The summed E-state index contributed by atoms with van der Waals surface area (Å²) in [5.74, 6) is 2.08. The van der Waals surface area contributed by atoms with Crippen molar-refractivity contribution in [2.24, 2.45) is 0 Å². The van der Waals surface area contributed by atoms with Gasteiger partial charge in [-0.15, -0.1) is 0 Å². The minimum Gasteiger partial charge on any atom is -0.497 e. The third kappa shape index (κ3) is 4.61. The van der Waals surface area contributed by atoms with Crippen molar-refractivity contribution in [2.75, 3.05) is 17.7 Å². The number of methoxy groups -OCH3 is 1. The molecule has 0 unspecified atom stereocenters. The standard InChI is InChI=1S/C19H19ClN4O/c1-13-11-18(21-12-14-5-3-4-6-17(14)20)24-19(22-13)23-15-7-9-16(25-2)10-8-15/h3-11H,12H2,1-2H3,(H2,21,22,23,24). The largest absolute Gasteiger partial charge is 0.497 e. The van der Waals surface area contributed by atoms with Gasteiger partial charge in [-0.05, 0) is 42.8 Å². The summed E-state index contributed by atoms with van der Waals surface area (Å²) in [4.78, 5) is 8.93. The highest BCUT2D eigenvalue weighted by molar-refractivity contribution is 6.31. The summed E-state index contributed by atoms with van der Waals surface area (Å²) < 4.78 is 5.16. The van der Waals surface area contributed by atoms with Crippen LogP contribution < -0.4 is 15.4 Å². The van der Waals surface area contributed by atoms with Crippen LogP contribution in [0.4, 0.5) is 17.5 Å². The van der Waals surface area contributed by atoms with Crippen molar-refractivity contribution in [1.29, 1.82) is 0 Å². The third-order valence-electron chi connectivity index (χ3n) is 3.62. The lowest BCUT2D eigenvalue weighted by molar-refractivity contribution is 0.415. The van der Waals surface area contributed by atoms with E-state index in [1.807, 2.05) is 61.5 Å². The lowest BCUT2D eigenvalue weighted by atomic mass is 10.2. The molecule has 2 aromatic carbocycles. The molecule has 1 aromatic heterocycles. The van der Waals surface area contributed by atoms with Gasteiger partial charge in [-0.25, -0.2) is 4.98 Å². The Morgan fingerprint density at radius 3 is 2.52 bits per heavy atom. The smallest absolute Gasteiger partial charge is 0.229 e. The second-order valence-corrected chi connectivity index (χ2v) is 5.92. The molecule has 0 amide bonds. The molecular weight excluding hydrogens is 336 g/mol. The fourth-order valence-electron chi connectivity index (χ4n) is 2.35. The number of nitrogens with one attached hydrogen (secondary N) is 2. The number of rotatable bonds is 6. The van der Waals surface area contributed by atoms with E-state index in [0.29, 0.717) is 12.5 Å². The average Bonchev–Trinajstić information content (AvgIpc) is 2.61. The summed E-state index contributed by atoms with van der Waals surface area (Å²) in [6.45, 7) is 2.53. The topological polar surface area (TPSA) is 59.1 Å². The number of benzene rings is 2. The number of ether oxygens (including phenoxy) is 1. The summed E-state index contributed by atoms with van der Waals surface area (Å²) in [7, 11) is 1.64. The Morgan fingerprint density at radius 1 is 1.04 bits per heavy atom. The zero-order valence-electron chi connectivity index (χ0n) is 14.1. The third-order valence-corrected chi connectivity index (χ3v) is 3.99. The van der Waals surface area contributed by atoms with E-state index in [-0.39, 0.29) is 0 Å². The first-order valence-corrected chi connectivity index (χ1v) is 8.26. The van der Waals surface area contributed by atoms with Crippen LogP contribution in [0.15, 0.2) is 54.6 Å². The molecule has 0 aliphatic heterocycles. The lowest BCUT2D eigenvalue weighted by Crippen LogP contribution is -2.06. The van der Waals surface area contributed by atoms with Gasteiger partial charge in [0.05, 0.1) is 7.11 Å². The number of hydrogen-bond donors (Lipinski definition) is 2. The fraction of sp³-hybridized carbons (Fsp3) is 0.158. The number of aryl methyl sites for hydroxylation is 1. The Bertz CT molecular complexity index is 852. The van der Waals surface area contributed by atoms with Gasteiger partial charge in [0.25, 0.3) is 0 Å². The van der Waals surface area contributed by atoms with Crippen LogP contribution in [-0.4, -0.2) is 17.1 Å². The van der Waals surface area contributed by atoms with Crippen LogP contribution in [0.2, 0.25) is 5.02 Å². The SMILES string of the molecule is COc1ccc(Nc2nc(C)cc(NCc3ccccc3Cl)n2)cc1. The van der Waals surface area contributed by atoms with Crippen LogP contribution in [0.3, 0.4) is 0 Å². The van der Waals surface area contributed by atoms with Gasteiger partial charge in [0.1, 0.15) is 11.6 Å². The van der Waals surface area contributed by atoms with E-state index < -0.39 is 0 Å². The highest BCUT2D eigenvalue weighted by Crippen LogP contribution is 2.20. The van der Waals surface area contributed by atoms with Crippen LogP contribution >= 0.6 is 11.6 Å². The molecule has 0 saturated carbocycles. The minimum absolute atomic E-state index is 0.534. The molecule has 0 radical (unpaired) electrons. The Kier molecular flexibility index (Phi) is 5.36. The maximum absolute atomic E-state index is 6.19. The van der Waals surface area contributed by atoms with Crippen molar-refractivity contribution in [2.45, 2.75) is 13.5 Å². The molecule has 3 rings (SSSR count). The molecule has 0 saturated heterocycles. The predicted molar refractivity (Wildman–Crippen MR) is 102 cm³/mol. The zero-order valence-corrected chi connectivity index (χ0v) is 14.8. The quantitative estimate of drug-likeness (QED) is 0.665. The van der Waals surface area contributed by atoms with E-state index in [4.69, 9.17) is 16.3 Å². The van der Waals surface area contributed by atoms with E-state index in [1.165, 1.54) is 0 Å². The number of aromatic nitrogens is 2. The summed E-state index contributed by atoms with van der Waals surface area (Å²) in [5.41, 5.74) is 2.78. The van der Waals surface area contributed by atoms with Crippen molar-refractivity contribution in [3.05, 3.63) is 70.9 Å². The van der Waals surface area contributed by atoms with E-state index in [2.05, 4.69) is 20.6 Å². The average molecular weight is 355 g/mol. The fourth-order valence-corrected chi connectivity index (χ4v) is 2.55. The lowest BCUT2D eigenvalue weighted by Gasteiger charge is -2.11. The second kappa shape index (κ2) is 7.85. The van der Waals surface area contributed by atoms with Gasteiger partial charge in [0.2, 0.25) is 5.95 Å². The number of nitrogens with zero attached hydrogens (tertiary/aromatic N) is 2. The monoisotopic (exact) mass is 354 g/mol. The zero-order chi connectivity index (χ0) is 17.6. The van der Waals surface area contributed by atoms with Gasteiger partial charge in [-0.3, -0.25) is 0 Å². The molecule has 0 bridgehead atoms. The van der Waals surface area contributed by atoms with Gasteiger partial charge in [-0.2, -0.15) is 4.98 Å². The highest BCUT2D eigenvalue weighted by Gasteiger charge is 2.05. The molecular formula is C19H19ClN4O. The van der Waals surface area contributed by atoms with Gasteiger partial charge < -0.3 is 15.4 Å². The molecule has 5 nitrogen and oxygen atoms in total. The molecule has 2 N–H and O–H groups in total. The summed E-state index contributed by atoms with van der Waals surface area (Å²) in [6, 6.07) is 17.2. The van der Waals surface area contributed by atoms with E-state index in [9.17, 15) is 0 Å². The molecule has 0 atom stereocenters. The summed E-state index contributed by atoms with van der Waals surface area (Å²) in [5, 5.41) is 7.23.